The molecule has 0 spiro atoms. The van der Waals surface area contributed by atoms with Crippen LogP contribution in [0.15, 0.2) is 95.4 Å². The Hall–Kier alpha value is -3.25. The molecular formula is C20H15N3O2S. The lowest BCUT2D eigenvalue weighted by atomic mass is 10.3. The maximum absolute atomic E-state index is 12.8. The van der Waals surface area contributed by atoms with Gasteiger partial charge in [0, 0.05) is 0 Å². The van der Waals surface area contributed by atoms with E-state index in [0.717, 1.165) is 0 Å². The summed E-state index contributed by atoms with van der Waals surface area (Å²) in [6.45, 7) is 0. The van der Waals surface area contributed by atoms with E-state index in [0.29, 0.717) is 17.1 Å². The molecule has 0 saturated carbocycles. The third kappa shape index (κ3) is 2.91. The van der Waals surface area contributed by atoms with Crippen molar-refractivity contribution < 1.29 is 9.59 Å². The lowest BCUT2D eigenvalue weighted by Crippen LogP contribution is -2.27. The molecule has 3 aromatic carbocycles. The van der Waals surface area contributed by atoms with Gasteiger partial charge in [0.05, 0.1) is 17.1 Å². The highest BCUT2D eigenvalue weighted by molar-refractivity contribution is 7.93. The first-order valence-electron chi connectivity index (χ1n) is 8.06. The molecule has 0 atom stereocenters. The summed E-state index contributed by atoms with van der Waals surface area (Å²) in [5, 5.41) is 0. The van der Waals surface area contributed by atoms with Crippen molar-refractivity contribution in [1.82, 2.24) is 0 Å². The van der Waals surface area contributed by atoms with Crippen LogP contribution in [0.4, 0.5) is 17.1 Å². The number of anilines is 2. The van der Waals surface area contributed by atoms with Crippen LogP contribution in [0.2, 0.25) is 0 Å². The van der Waals surface area contributed by atoms with Crippen molar-refractivity contribution in [3.8, 4) is 0 Å². The Balaban J connectivity index is 1.90. The molecule has 3 aromatic rings. The number of rotatable bonds is 3. The van der Waals surface area contributed by atoms with Crippen LogP contribution < -0.4 is 8.61 Å². The predicted octanol–water partition coefficient (Wildman–Crippen LogP) is 4.03. The fourth-order valence-electron chi connectivity index (χ4n) is 2.62. The van der Waals surface area contributed by atoms with Crippen LogP contribution in [0, 0.1) is 0 Å². The first-order valence-corrected chi connectivity index (χ1v) is 9.15. The van der Waals surface area contributed by atoms with E-state index in [4.69, 9.17) is 4.36 Å². The van der Waals surface area contributed by atoms with E-state index in [1.807, 2.05) is 66.7 Å². The van der Waals surface area contributed by atoms with Gasteiger partial charge in [0.25, 0.3) is 0 Å². The standard InChI is InChI=1S/C20H15N3O2S/c24-19-20(25)23(18-14-8-3-9-15-18)26(21-16-10-4-1-5-11-16)22(19)17-12-6-2-7-13-17/h1-15H. The predicted molar refractivity (Wildman–Crippen MR) is 104 cm³/mol. The monoisotopic (exact) mass is 361 g/mol. The van der Waals surface area contributed by atoms with Gasteiger partial charge in [-0.1, -0.05) is 54.6 Å². The van der Waals surface area contributed by atoms with Crippen LogP contribution in [0.1, 0.15) is 0 Å². The van der Waals surface area contributed by atoms with E-state index in [2.05, 4.69) is 0 Å². The molecule has 0 aliphatic carbocycles. The second kappa shape index (κ2) is 6.93. The molecule has 1 aliphatic rings. The number of hydrogen-bond donors (Lipinski definition) is 0. The van der Waals surface area contributed by atoms with Crippen LogP contribution in [0.25, 0.3) is 0 Å². The van der Waals surface area contributed by atoms with Gasteiger partial charge in [-0.15, -0.1) is 0 Å². The zero-order valence-corrected chi connectivity index (χ0v) is 14.5. The topological polar surface area (TPSA) is 53.0 Å². The lowest BCUT2D eigenvalue weighted by molar-refractivity contribution is -0.133. The largest absolute Gasteiger partial charge is 0.329 e. The molecule has 6 heteroatoms. The molecule has 0 N–H and O–H groups in total. The van der Waals surface area contributed by atoms with E-state index in [9.17, 15) is 9.59 Å². The average Bonchev–Trinajstić information content (AvgIpc) is 2.94. The molecule has 26 heavy (non-hydrogen) atoms. The minimum Gasteiger partial charge on any atom is -0.262 e. The molecule has 1 heterocycles. The quantitative estimate of drug-likeness (QED) is 0.662. The van der Waals surface area contributed by atoms with Crippen molar-refractivity contribution >= 4 is 39.9 Å². The van der Waals surface area contributed by atoms with Gasteiger partial charge in [0.15, 0.2) is 0 Å². The van der Waals surface area contributed by atoms with Gasteiger partial charge in [-0.25, -0.2) is 8.61 Å². The number of carbonyl (C=O) groups excluding carboxylic acids is 2. The summed E-state index contributed by atoms with van der Waals surface area (Å²) in [5.41, 5.74) is 2.00. The van der Waals surface area contributed by atoms with Crippen molar-refractivity contribution in [1.29, 1.82) is 0 Å². The molecule has 0 aromatic heterocycles. The summed E-state index contributed by atoms with van der Waals surface area (Å²) < 4.78 is 7.63. The van der Waals surface area contributed by atoms with E-state index in [-0.39, 0.29) is 0 Å². The molecule has 2 amide bonds. The number of benzene rings is 3. The molecule has 1 fully saturated rings. The van der Waals surface area contributed by atoms with Crippen molar-refractivity contribution in [2.75, 3.05) is 8.61 Å². The summed E-state index contributed by atoms with van der Waals surface area (Å²) in [6, 6.07) is 27.7. The van der Waals surface area contributed by atoms with Gasteiger partial charge in [-0.2, -0.15) is 4.36 Å². The normalized spacial score (nSPS) is 14.8. The molecular weight excluding hydrogens is 346 g/mol. The van der Waals surface area contributed by atoms with E-state index in [1.165, 1.54) is 8.61 Å². The van der Waals surface area contributed by atoms with Gasteiger partial charge >= 0.3 is 11.8 Å². The Kier molecular flexibility index (Phi) is 4.33. The molecule has 4 rings (SSSR count). The summed E-state index contributed by atoms with van der Waals surface area (Å²) in [7, 11) is 0. The number of carbonyl (C=O) groups is 2. The van der Waals surface area contributed by atoms with Crippen LogP contribution in [0.3, 0.4) is 0 Å². The van der Waals surface area contributed by atoms with Gasteiger partial charge < -0.3 is 0 Å². The van der Waals surface area contributed by atoms with Crippen molar-refractivity contribution in [2.45, 2.75) is 0 Å². The van der Waals surface area contributed by atoms with E-state index in [1.54, 1.807) is 24.3 Å². The lowest BCUT2D eigenvalue weighted by Gasteiger charge is -2.21. The van der Waals surface area contributed by atoms with Gasteiger partial charge in [-0.3, -0.25) is 9.59 Å². The second-order valence-corrected chi connectivity index (χ2v) is 6.94. The molecule has 0 radical (unpaired) electrons. The highest BCUT2D eigenvalue weighted by Gasteiger charge is 2.43. The van der Waals surface area contributed by atoms with Crippen molar-refractivity contribution in [3.05, 3.63) is 91.0 Å². The SMILES string of the molecule is O=C1C(=O)N(c2ccccc2)S(=Nc2ccccc2)N1c1ccccc1. The van der Waals surface area contributed by atoms with Crippen LogP contribution in [-0.4, -0.2) is 11.8 Å². The maximum Gasteiger partial charge on any atom is 0.329 e. The zero-order valence-electron chi connectivity index (χ0n) is 13.7. The molecule has 0 bridgehead atoms. The molecule has 5 nitrogen and oxygen atoms in total. The Labute approximate surface area is 153 Å². The van der Waals surface area contributed by atoms with Gasteiger partial charge in [-0.05, 0) is 36.4 Å². The third-order valence-corrected chi connectivity index (χ3v) is 5.58. The summed E-state index contributed by atoms with van der Waals surface area (Å²) in [4.78, 5) is 25.5. The average molecular weight is 361 g/mol. The van der Waals surface area contributed by atoms with E-state index >= 15 is 0 Å². The van der Waals surface area contributed by atoms with Crippen molar-refractivity contribution in [3.63, 3.8) is 0 Å². The fourth-order valence-corrected chi connectivity index (χ4v) is 4.33. The Morgan fingerprint density at radius 1 is 0.577 bits per heavy atom. The summed E-state index contributed by atoms with van der Waals surface area (Å²) in [6.07, 6.45) is 0. The molecule has 128 valence electrons. The first kappa shape index (κ1) is 16.2. The van der Waals surface area contributed by atoms with Gasteiger partial charge in [0.1, 0.15) is 11.1 Å². The molecule has 0 unspecified atom stereocenters. The van der Waals surface area contributed by atoms with Crippen molar-refractivity contribution in [2.24, 2.45) is 4.36 Å². The Morgan fingerprint density at radius 2 is 0.962 bits per heavy atom. The number of amides is 2. The van der Waals surface area contributed by atoms with Crippen LogP contribution in [0.5, 0.6) is 0 Å². The zero-order chi connectivity index (χ0) is 17.9. The van der Waals surface area contributed by atoms with E-state index < -0.39 is 22.9 Å². The molecule has 1 saturated heterocycles. The van der Waals surface area contributed by atoms with Crippen LogP contribution in [-0.2, 0) is 20.7 Å². The maximum atomic E-state index is 12.8. The number of hydrogen-bond acceptors (Lipinski definition) is 3. The highest BCUT2D eigenvalue weighted by atomic mass is 32.2. The first-order chi connectivity index (χ1) is 12.8. The minimum absolute atomic E-state index is 0.580. The molecule has 1 aliphatic heterocycles. The summed E-state index contributed by atoms with van der Waals surface area (Å²) >= 11 is -1.12. The highest BCUT2D eigenvalue weighted by Crippen LogP contribution is 2.31. The Bertz CT molecular complexity index is 916. The Morgan fingerprint density at radius 3 is 1.38 bits per heavy atom. The summed E-state index contributed by atoms with van der Waals surface area (Å²) in [5.74, 6) is -1.16. The van der Waals surface area contributed by atoms with Gasteiger partial charge in [0.2, 0.25) is 0 Å². The number of nitrogens with zero attached hydrogens (tertiary/aromatic N) is 3. The number of para-hydroxylation sites is 2. The third-order valence-electron chi connectivity index (χ3n) is 3.80. The minimum atomic E-state index is -1.12. The van der Waals surface area contributed by atoms with Crippen LogP contribution >= 0.6 is 0 Å². The second-order valence-electron chi connectivity index (χ2n) is 5.54. The fraction of sp³-hybridized carbons (Fsp3) is 0. The smallest absolute Gasteiger partial charge is 0.262 e.